The molecular weight excluding hydrogens is 996 g/mol. The van der Waals surface area contributed by atoms with Crippen LogP contribution in [0.1, 0.15) is 104 Å². The van der Waals surface area contributed by atoms with Gasteiger partial charge < -0.3 is 36.8 Å². The molecule has 12 nitrogen and oxygen atoms in total. The van der Waals surface area contributed by atoms with Crippen LogP contribution in [0.2, 0.25) is 51.9 Å². The Balaban J connectivity index is 0. The van der Waals surface area contributed by atoms with Crippen molar-refractivity contribution in [3.05, 3.63) is 34.9 Å². The number of hydrogen-bond donors (Lipinski definition) is 0. The van der Waals surface area contributed by atoms with Gasteiger partial charge in [-0.1, -0.05) is 63.0 Å². The number of nitrogens with zero attached hydrogens (tertiary/aromatic N) is 1. The SMILES string of the molecule is CC.CCC(C)(CC(CC(C)(CCC(C)(SC(=S)N(C)C)C(=O)OCCC[Si](C)(C)O[Si](C)(C)O[Si](C)(C)C)C(=O)OCC(C)OC)C(=O)OC)C(=O)OC.PCc1cc(CP)cc(CP)c1. The van der Waals surface area contributed by atoms with Gasteiger partial charge in [-0.2, -0.15) is 0 Å². The first-order valence-corrected chi connectivity index (χ1v) is 36.4. The topological polar surface area (TPSA) is 136 Å². The lowest BCUT2D eigenvalue weighted by Gasteiger charge is -2.37. The second-order valence-electron chi connectivity index (χ2n) is 19.7. The molecule has 0 aliphatic carbocycles. The summed E-state index contributed by atoms with van der Waals surface area (Å²) in [4.78, 5) is 55.8. The Labute approximate surface area is 427 Å². The summed E-state index contributed by atoms with van der Waals surface area (Å²) < 4.78 is 39.5. The second-order valence-corrected chi connectivity index (χ2v) is 35.8. The van der Waals surface area contributed by atoms with Gasteiger partial charge in [0.15, 0.2) is 16.6 Å². The Hall–Kier alpha value is -0.839. The first-order chi connectivity index (χ1) is 30.8. The van der Waals surface area contributed by atoms with E-state index in [1.165, 1.54) is 49.8 Å². The Morgan fingerprint density at radius 1 is 0.746 bits per heavy atom. The molecule has 0 saturated heterocycles. The fourth-order valence-corrected chi connectivity index (χ4v) is 22.7. The summed E-state index contributed by atoms with van der Waals surface area (Å²) in [5, 5.41) is 0. The van der Waals surface area contributed by atoms with Crippen LogP contribution in [0.25, 0.3) is 0 Å². The summed E-state index contributed by atoms with van der Waals surface area (Å²) in [5.74, 6) is -2.88. The highest BCUT2D eigenvalue weighted by atomic mass is 32.2. The zero-order valence-corrected chi connectivity index (χ0v) is 53.0. The van der Waals surface area contributed by atoms with Crippen LogP contribution in [0.4, 0.5) is 0 Å². The van der Waals surface area contributed by atoms with E-state index in [0.29, 0.717) is 17.2 Å². The maximum atomic E-state index is 14.0. The molecule has 0 amide bonds. The molecule has 1 aromatic carbocycles. The average molecular weight is 1090 g/mol. The number of ether oxygens (including phenoxy) is 5. The Kier molecular flexibility index (Phi) is 32.9. The predicted octanol–water partition coefficient (Wildman–Crippen LogP) is 11.4. The van der Waals surface area contributed by atoms with Crippen molar-refractivity contribution in [2.75, 3.05) is 48.6 Å². The van der Waals surface area contributed by atoms with Crippen molar-refractivity contribution in [2.24, 2.45) is 16.7 Å². The molecule has 0 fully saturated rings. The number of benzene rings is 1. The van der Waals surface area contributed by atoms with E-state index in [4.69, 9.17) is 44.1 Å². The van der Waals surface area contributed by atoms with Crippen molar-refractivity contribution in [1.29, 1.82) is 0 Å². The normalized spacial score (nSPS) is 15.3. The summed E-state index contributed by atoms with van der Waals surface area (Å²) in [6.45, 7) is 28.0. The highest BCUT2D eigenvalue weighted by Crippen LogP contribution is 2.44. The summed E-state index contributed by atoms with van der Waals surface area (Å²) in [6.07, 6.45) is 4.22. The summed E-state index contributed by atoms with van der Waals surface area (Å²) in [5.41, 5.74) is 1.96. The molecular formula is C47H92NO11P3S2Si3. The molecule has 0 aromatic heterocycles. The van der Waals surface area contributed by atoms with Gasteiger partial charge in [0.2, 0.25) is 0 Å². The molecule has 0 radical (unpaired) electrons. The van der Waals surface area contributed by atoms with Crippen molar-refractivity contribution in [1.82, 2.24) is 4.90 Å². The van der Waals surface area contributed by atoms with E-state index in [0.717, 1.165) is 24.5 Å². The Morgan fingerprint density at radius 3 is 1.64 bits per heavy atom. The van der Waals surface area contributed by atoms with Crippen molar-refractivity contribution in [3.8, 4) is 0 Å². The average Bonchev–Trinajstić information content (AvgIpc) is 3.26. The number of esters is 4. The van der Waals surface area contributed by atoms with Crippen molar-refractivity contribution < 1.29 is 51.1 Å². The molecule has 1 rings (SSSR count). The lowest BCUT2D eigenvalue weighted by Crippen LogP contribution is -2.51. The molecule has 0 bridgehead atoms. The molecule has 8 unspecified atom stereocenters. The first-order valence-electron chi connectivity index (χ1n) is 23.4. The van der Waals surface area contributed by atoms with E-state index in [1.807, 2.05) is 20.8 Å². The van der Waals surface area contributed by atoms with Gasteiger partial charge in [0.05, 0.1) is 43.7 Å². The number of thiocarbonyl (C=S) groups is 1. The smallest absolute Gasteiger partial charge is 0.322 e. The van der Waals surface area contributed by atoms with Crippen LogP contribution in [0, 0.1) is 16.7 Å². The van der Waals surface area contributed by atoms with E-state index in [2.05, 4.69) is 91.7 Å². The van der Waals surface area contributed by atoms with E-state index in [1.54, 1.807) is 46.7 Å². The second kappa shape index (κ2) is 32.3. The zero-order chi connectivity index (χ0) is 52.6. The van der Waals surface area contributed by atoms with Crippen LogP contribution in [-0.4, -0.2) is 118 Å². The van der Waals surface area contributed by atoms with E-state index >= 15 is 0 Å². The zero-order valence-electron chi connectivity index (χ0n) is 44.9. The number of rotatable bonds is 27. The molecule has 0 spiro atoms. The van der Waals surface area contributed by atoms with Crippen LogP contribution in [0.15, 0.2) is 18.2 Å². The number of hydrogen-bond acceptors (Lipinski definition) is 13. The Morgan fingerprint density at radius 2 is 1.24 bits per heavy atom. The van der Waals surface area contributed by atoms with Crippen LogP contribution < -0.4 is 0 Å². The van der Waals surface area contributed by atoms with Gasteiger partial charge in [-0.3, -0.25) is 19.2 Å². The van der Waals surface area contributed by atoms with Crippen molar-refractivity contribution in [2.45, 2.75) is 168 Å². The maximum Gasteiger partial charge on any atom is 0.322 e. The van der Waals surface area contributed by atoms with Gasteiger partial charge in [-0.05, 0) is 153 Å². The lowest BCUT2D eigenvalue weighted by atomic mass is 9.70. The molecule has 67 heavy (non-hydrogen) atoms. The van der Waals surface area contributed by atoms with Gasteiger partial charge in [0, 0.05) is 21.2 Å². The van der Waals surface area contributed by atoms with Gasteiger partial charge in [0.25, 0.3) is 0 Å². The highest BCUT2D eigenvalue weighted by Gasteiger charge is 2.47. The van der Waals surface area contributed by atoms with E-state index in [9.17, 15) is 19.2 Å². The third kappa shape index (κ3) is 26.4. The fourth-order valence-electron chi connectivity index (χ4n) is 7.31. The predicted molar refractivity (Wildman–Crippen MR) is 301 cm³/mol. The fraction of sp³-hybridized carbons (Fsp3) is 0.766. The van der Waals surface area contributed by atoms with Gasteiger partial charge in [-0.15, -0.1) is 27.7 Å². The van der Waals surface area contributed by atoms with Crippen molar-refractivity contribution >= 4 is 105 Å². The highest BCUT2D eigenvalue weighted by molar-refractivity contribution is 8.24. The van der Waals surface area contributed by atoms with Crippen LogP contribution in [0.5, 0.6) is 0 Å². The molecule has 1 aromatic rings. The minimum Gasteiger partial charge on any atom is -0.469 e. The largest absolute Gasteiger partial charge is 0.469 e. The number of methoxy groups -OCH3 is 3. The molecule has 0 heterocycles. The number of thioether (sulfide) groups is 1. The van der Waals surface area contributed by atoms with E-state index < -0.39 is 70.6 Å². The van der Waals surface area contributed by atoms with Crippen molar-refractivity contribution in [3.63, 3.8) is 0 Å². The molecule has 390 valence electrons. The summed E-state index contributed by atoms with van der Waals surface area (Å²) in [6, 6.07) is 7.59. The molecule has 20 heteroatoms. The molecule has 0 aliphatic heterocycles. The first kappa shape index (κ1) is 68.2. The summed E-state index contributed by atoms with van der Waals surface area (Å²) in [7, 11) is 9.80. The number of carbonyl (C=O) groups is 4. The van der Waals surface area contributed by atoms with Crippen LogP contribution in [0.3, 0.4) is 0 Å². The third-order valence-corrected chi connectivity index (χ3v) is 24.6. The summed E-state index contributed by atoms with van der Waals surface area (Å²) >= 11 is 6.84. The molecule has 0 N–H and O–H groups in total. The van der Waals surface area contributed by atoms with Gasteiger partial charge >= 0.3 is 32.4 Å². The molecule has 0 aliphatic rings. The maximum absolute atomic E-state index is 14.0. The van der Waals surface area contributed by atoms with Gasteiger partial charge in [-0.25, -0.2) is 0 Å². The van der Waals surface area contributed by atoms with Gasteiger partial charge in [0.1, 0.15) is 15.7 Å². The quantitative estimate of drug-likeness (QED) is 0.0206. The lowest BCUT2D eigenvalue weighted by molar-refractivity contribution is -0.164. The van der Waals surface area contributed by atoms with Crippen LogP contribution in [-0.2, 0) is 69.6 Å². The monoisotopic (exact) mass is 1090 g/mol. The van der Waals surface area contributed by atoms with Crippen LogP contribution >= 0.6 is 51.7 Å². The minimum absolute atomic E-state index is 0.00116. The Bertz CT molecular complexity index is 1640. The standard InChI is InChI=1S/C36H71NO11S2Si3.C9H15P3.C2H6/c1-18-34(3,30(39)44-10)24-28(29(38)43-9)25-35(4,31(40)46-26-27(2)42-8)20-21-36(5,50-33(49)37(6)7)32(41)45-22-19-23-52(14,15)48-53(16,17)47-51(11,12)13;10-4-7-1-8(5-11)3-9(2-7)6-12;1-2/h27-28H,18-26H2,1-17H3;1-3H,4-6,10-12H2;1-2H3. The molecule has 8 atom stereocenters. The minimum atomic E-state index is -2.32. The number of carbonyl (C=O) groups excluding carboxylic acids is 4. The third-order valence-electron chi connectivity index (χ3n) is 11.0. The van der Waals surface area contributed by atoms with E-state index in [-0.39, 0.29) is 45.0 Å². The molecule has 0 saturated carbocycles.